The van der Waals surface area contributed by atoms with E-state index in [1.165, 1.54) is 20.0 Å². The van der Waals surface area contributed by atoms with Gasteiger partial charge in [-0.3, -0.25) is 24.7 Å². The second-order valence-corrected chi connectivity index (χ2v) is 6.96. The van der Waals surface area contributed by atoms with Crippen LogP contribution in [0.3, 0.4) is 0 Å². The Labute approximate surface area is 183 Å². The largest absolute Gasteiger partial charge is 0.497 e. The standard InChI is InChI=1S/C21H23N5O6/c1-11(32-13(3)28)18(31-10-14-5-7-15(30-4)8-6-14)16-9-22-19-17(24-16)20(29)26-21(25-19)23-12(2)27/h5-9,11,18H,10H2,1-4H3,(H2,22,23,25,26,27,29)/t11-,18-/m0/s1. The second-order valence-electron chi connectivity index (χ2n) is 6.96. The van der Waals surface area contributed by atoms with Gasteiger partial charge in [0.15, 0.2) is 11.2 Å². The monoisotopic (exact) mass is 441 g/mol. The maximum atomic E-state index is 12.5. The van der Waals surface area contributed by atoms with Gasteiger partial charge in [0.2, 0.25) is 11.9 Å². The van der Waals surface area contributed by atoms with Crippen LogP contribution in [0.4, 0.5) is 5.95 Å². The van der Waals surface area contributed by atoms with Crippen molar-refractivity contribution in [1.29, 1.82) is 0 Å². The molecule has 0 bridgehead atoms. The highest BCUT2D eigenvalue weighted by molar-refractivity contribution is 5.87. The summed E-state index contributed by atoms with van der Waals surface area (Å²) in [7, 11) is 1.58. The number of rotatable bonds is 8. The number of methoxy groups -OCH3 is 1. The van der Waals surface area contributed by atoms with Crippen molar-refractivity contribution in [2.24, 2.45) is 0 Å². The maximum absolute atomic E-state index is 12.5. The summed E-state index contributed by atoms with van der Waals surface area (Å²) in [5.41, 5.74) is 0.584. The lowest BCUT2D eigenvalue weighted by atomic mass is 10.1. The Bertz CT molecular complexity index is 1180. The lowest BCUT2D eigenvalue weighted by Crippen LogP contribution is -2.25. The molecule has 11 heteroatoms. The molecule has 168 valence electrons. The molecule has 11 nitrogen and oxygen atoms in total. The molecule has 2 heterocycles. The third kappa shape index (κ3) is 5.64. The van der Waals surface area contributed by atoms with Crippen LogP contribution < -0.4 is 15.6 Å². The fourth-order valence-corrected chi connectivity index (χ4v) is 2.99. The average molecular weight is 441 g/mol. The van der Waals surface area contributed by atoms with E-state index in [1.807, 2.05) is 12.1 Å². The van der Waals surface area contributed by atoms with Gasteiger partial charge in [0.05, 0.1) is 25.6 Å². The molecule has 32 heavy (non-hydrogen) atoms. The van der Waals surface area contributed by atoms with Crippen LogP contribution in [0.2, 0.25) is 0 Å². The maximum Gasteiger partial charge on any atom is 0.302 e. The fraction of sp³-hybridized carbons (Fsp3) is 0.333. The van der Waals surface area contributed by atoms with Crippen molar-refractivity contribution in [3.05, 3.63) is 52.1 Å². The smallest absolute Gasteiger partial charge is 0.302 e. The summed E-state index contributed by atoms with van der Waals surface area (Å²) in [6, 6.07) is 7.29. The predicted octanol–water partition coefficient (Wildman–Crippen LogP) is 1.89. The van der Waals surface area contributed by atoms with Crippen molar-refractivity contribution in [1.82, 2.24) is 19.9 Å². The number of fused-ring (bicyclic) bond motifs is 1. The number of esters is 1. The van der Waals surface area contributed by atoms with E-state index in [-0.39, 0.29) is 29.6 Å². The molecule has 1 amide bonds. The zero-order valence-corrected chi connectivity index (χ0v) is 18.0. The van der Waals surface area contributed by atoms with Crippen molar-refractivity contribution in [3.63, 3.8) is 0 Å². The minimum absolute atomic E-state index is 0.0300. The summed E-state index contributed by atoms with van der Waals surface area (Å²) in [6.45, 7) is 4.44. The zero-order valence-electron chi connectivity index (χ0n) is 18.0. The molecule has 0 saturated heterocycles. The minimum atomic E-state index is -0.799. The van der Waals surface area contributed by atoms with Crippen LogP contribution in [0.25, 0.3) is 11.2 Å². The van der Waals surface area contributed by atoms with Crippen molar-refractivity contribution in [3.8, 4) is 5.75 Å². The number of anilines is 1. The van der Waals surface area contributed by atoms with Crippen LogP contribution in [0.1, 0.15) is 38.1 Å². The van der Waals surface area contributed by atoms with Crippen molar-refractivity contribution in [2.45, 2.75) is 39.6 Å². The number of hydrogen-bond acceptors (Lipinski definition) is 9. The molecule has 0 aliphatic carbocycles. The van der Waals surface area contributed by atoms with Gasteiger partial charge in [-0.1, -0.05) is 12.1 Å². The van der Waals surface area contributed by atoms with Gasteiger partial charge in [-0.15, -0.1) is 0 Å². The fourth-order valence-electron chi connectivity index (χ4n) is 2.99. The average Bonchev–Trinajstić information content (AvgIpc) is 2.73. The predicted molar refractivity (Wildman–Crippen MR) is 114 cm³/mol. The number of amides is 1. The van der Waals surface area contributed by atoms with E-state index in [2.05, 4.69) is 25.3 Å². The Morgan fingerprint density at radius 2 is 1.88 bits per heavy atom. The molecule has 0 radical (unpaired) electrons. The van der Waals surface area contributed by atoms with Crippen LogP contribution in [-0.4, -0.2) is 45.0 Å². The molecule has 0 saturated carbocycles. The number of nitrogens with zero attached hydrogens (tertiary/aromatic N) is 3. The number of hydrogen-bond donors (Lipinski definition) is 2. The number of nitrogens with one attached hydrogen (secondary N) is 2. The molecule has 3 aromatic rings. The summed E-state index contributed by atoms with van der Waals surface area (Å²) in [6.07, 6.45) is -0.110. The molecule has 0 unspecified atom stereocenters. The molecule has 1 aromatic carbocycles. The van der Waals surface area contributed by atoms with Gasteiger partial charge >= 0.3 is 5.97 Å². The van der Waals surface area contributed by atoms with Gasteiger partial charge in [-0.2, -0.15) is 4.98 Å². The number of carbonyl (C=O) groups is 2. The van der Waals surface area contributed by atoms with E-state index < -0.39 is 23.7 Å². The highest BCUT2D eigenvalue weighted by Crippen LogP contribution is 2.25. The number of benzene rings is 1. The van der Waals surface area contributed by atoms with E-state index in [0.29, 0.717) is 11.4 Å². The summed E-state index contributed by atoms with van der Waals surface area (Å²) in [4.78, 5) is 50.2. The number of carbonyl (C=O) groups excluding carboxylic acids is 2. The minimum Gasteiger partial charge on any atom is -0.497 e. The lowest BCUT2D eigenvalue weighted by Gasteiger charge is -2.23. The quantitative estimate of drug-likeness (QED) is 0.500. The highest BCUT2D eigenvalue weighted by Gasteiger charge is 2.26. The van der Waals surface area contributed by atoms with Crippen LogP contribution in [0.15, 0.2) is 35.3 Å². The second kappa shape index (κ2) is 9.96. The lowest BCUT2D eigenvalue weighted by molar-refractivity contribution is -0.154. The van der Waals surface area contributed by atoms with Crippen LogP contribution >= 0.6 is 0 Å². The van der Waals surface area contributed by atoms with Crippen LogP contribution in [0.5, 0.6) is 5.75 Å². The molecular weight excluding hydrogens is 418 g/mol. The Morgan fingerprint density at radius 1 is 1.16 bits per heavy atom. The zero-order chi connectivity index (χ0) is 23.3. The third-order valence-electron chi connectivity index (χ3n) is 4.39. The van der Waals surface area contributed by atoms with E-state index in [9.17, 15) is 14.4 Å². The highest BCUT2D eigenvalue weighted by atomic mass is 16.6. The molecule has 3 rings (SSSR count). The number of ether oxygens (including phenoxy) is 3. The molecule has 0 fully saturated rings. The van der Waals surface area contributed by atoms with Gasteiger partial charge in [0, 0.05) is 13.8 Å². The number of aromatic nitrogens is 4. The van der Waals surface area contributed by atoms with E-state index in [4.69, 9.17) is 14.2 Å². The summed E-state index contributed by atoms with van der Waals surface area (Å²) in [5.74, 6) is -0.190. The van der Waals surface area contributed by atoms with Gasteiger partial charge in [-0.25, -0.2) is 9.97 Å². The van der Waals surface area contributed by atoms with E-state index >= 15 is 0 Å². The Balaban J connectivity index is 1.91. The molecule has 2 aromatic heterocycles. The summed E-state index contributed by atoms with van der Waals surface area (Å²) >= 11 is 0. The van der Waals surface area contributed by atoms with Crippen LogP contribution in [0, 0.1) is 0 Å². The summed E-state index contributed by atoms with van der Waals surface area (Å²) in [5, 5.41) is 2.40. The normalized spacial score (nSPS) is 12.8. The Morgan fingerprint density at radius 3 is 2.50 bits per heavy atom. The summed E-state index contributed by atoms with van der Waals surface area (Å²) < 4.78 is 16.5. The third-order valence-corrected chi connectivity index (χ3v) is 4.39. The Hall–Kier alpha value is -3.86. The van der Waals surface area contributed by atoms with Gasteiger partial charge in [0.25, 0.3) is 5.56 Å². The van der Waals surface area contributed by atoms with E-state index in [1.54, 1.807) is 26.2 Å². The van der Waals surface area contributed by atoms with Gasteiger partial charge in [-0.05, 0) is 24.6 Å². The van der Waals surface area contributed by atoms with Gasteiger partial charge in [0.1, 0.15) is 18.0 Å². The molecule has 0 aliphatic heterocycles. The van der Waals surface area contributed by atoms with Crippen molar-refractivity contribution >= 4 is 29.0 Å². The first kappa shape index (κ1) is 22.8. The first-order valence-electron chi connectivity index (χ1n) is 9.73. The van der Waals surface area contributed by atoms with E-state index in [0.717, 1.165) is 5.56 Å². The molecule has 2 N–H and O–H groups in total. The number of aromatic amines is 1. The molecule has 2 atom stereocenters. The topological polar surface area (TPSA) is 145 Å². The molecule has 0 aliphatic rings. The first-order valence-corrected chi connectivity index (χ1v) is 9.73. The van der Waals surface area contributed by atoms with Crippen molar-refractivity contribution < 1.29 is 23.8 Å². The first-order chi connectivity index (χ1) is 15.3. The number of H-pyrrole nitrogens is 1. The molecule has 0 spiro atoms. The molecular formula is C21H23N5O6. The van der Waals surface area contributed by atoms with Crippen LogP contribution in [-0.2, 0) is 25.7 Å². The van der Waals surface area contributed by atoms with Crippen molar-refractivity contribution in [2.75, 3.05) is 12.4 Å². The Kier molecular flexibility index (Phi) is 7.11. The van der Waals surface area contributed by atoms with Gasteiger partial charge < -0.3 is 14.2 Å². The SMILES string of the molecule is COc1ccc(CO[C@H](c2cnc3nc(NC(C)=O)[nH]c(=O)c3n2)[C@H](C)OC(C)=O)cc1.